The van der Waals surface area contributed by atoms with Gasteiger partial charge in [0.05, 0.1) is 11.7 Å². The zero-order valence-electron chi connectivity index (χ0n) is 10.2. The molecule has 0 N–H and O–H groups in total. The van der Waals surface area contributed by atoms with Gasteiger partial charge in [0.25, 0.3) is 0 Å². The number of carbonyl (C=O) groups excluding carboxylic acids is 1. The fourth-order valence-electron chi connectivity index (χ4n) is 1.46. The van der Waals surface area contributed by atoms with E-state index in [0.717, 1.165) is 5.52 Å². The smallest absolute Gasteiger partial charge is 0.297 e. The number of Topliss-reactive ketones (excluding diaryl/α,β-unsaturated/α-hetero) is 1. The highest BCUT2D eigenvalue weighted by Crippen LogP contribution is 2.14. The highest BCUT2D eigenvalue weighted by Gasteiger charge is 2.22. The van der Waals surface area contributed by atoms with Crippen LogP contribution in [-0.2, 0) is 11.3 Å². The summed E-state index contributed by atoms with van der Waals surface area (Å²) in [5.41, 5.74) is -0.0215. The molecule has 0 saturated heterocycles. The molecule has 0 aliphatic heterocycles. The summed E-state index contributed by atoms with van der Waals surface area (Å²) in [7, 11) is 0. The number of fused-ring (bicyclic) bond motifs is 1. The number of hydrogen-bond acceptors (Lipinski definition) is 3. The third kappa shape index (κ3) is 2.13. The van der Waals surface area contributed by atoms with E-state index in [1.54, 1.807) is 24.5 Å². The van der Waals surface area contributed by atoms with Gasteiger partial charge in [0.2, 0.25) is 0 Å². The van der Waals surface area contributed by atoms with Gasteiger partial charge >= 0.3 is 5.69 Å². The van der Waals surface area contributed by atoms with Crippen molar-refractivity contribution >= 4 is 11.3 Å². The van der Waals surface area contributed by atoms with E-state index in [2.05, 4.69) is 5.10 Å². The average molecular weight is 233 g/mol. The van der Waals surface area contributed by atoms with Gasteiger partial charge in [-0.05, 0) is 12.1 Å². The molecule has 2 aromatic rings. The van der Waals surface area contributed by atoms with Crippen molar-refractivity contribution in [2.75, 3.05) is 0 Å². The van der Waals surface area contributed by atoms with Gasteiger partial charge in [-0.1, -0.05) is 20.8 Å². The van der Waals surface area contributed by atoms with Crippen LogP contribution < -0.4 is 5.69 Å². The predicted octanol–water partition coefficient (Wildman–Crippen LogP) is 1.11. The first-order chi connectivity index (χ1) is 7.89. The lowest BCUT2D eigenvalue weighted by atomic mass is 9.91. The lowest BCUT2D eigenvalue weighted by molar-refractivity contribution is -0.127. The van der Waals surface area contributed by atoms with E-state index in [1.807, 2.05) is 20.8 Å². The summed E-state index contributed by atoms with van der Waals surface area (Å²) < 4.78 is 2.67. The molecular weight excluding hydrogens is 218 g/mol. The van der Waals surface area contributed by atoms with Gasteiger partial charge in [0.15, 0.2) is 5.78 Å². The SMILES string of the molecule is CC(C)(C)C(=O)Cn1ncc2cccn2c1=O. The molecule has 0 unspecified atom stereocenters. The molecule has 0 aliphatic carbocycles. The monoisotopic (exact) mass is 233 g/mol. The summed E-state index contributed by atoms with van der Waals surface area (Å²) in [5.74, 6) is -0.0152. The fourth-order valence-corrected chi connectivity index (χ4v) is 1.46. The number of nitrogens with zero attached hydrogens (tertiary/aromatic N) is 3. The summed E-state index contributed by atoms with van der Waals surface area (Å²) >= 11 is 0. The van der Waals surface area contributed by atoms with Gasteiger partial charge in [0.1, 0.15) is 6.54 Å². The highest BCUT2D eigenvalue weighted by molar-refractivity contribution is 5.83. The van der Waals surface area contributed by atoms with E-state index in [-0.39, 0.29) is 18.0 Å². The van der Waals surface area contributed by atoms with Crippen molar-refractivity contribution in [3.8, 4) is 0 Å². The Morgan fingerprint density at radius 3 is 2.76 bits per heavy atom. The van der Waals surface area contributed by atoms with Crippen LogP contribution in [0.5, 0.6) is 0 Å². The molecule has 5 nitrogen and oxygen atoms in total. The van der Waals surface area contributed by atoms with Crippen LogP contribution in [0, 0.1) is 5.41 Å². The van der Waals surface area contributed by atoms with Gasteiger partial charge in [-0.2, -0.15) is 5.10 Å². The summed E-state index contributed by atoms with van der Waals surface area (Å²) in [6.07, 6.45) is 3.24. The normalized spacial score (nSPS) is 11.9. The third-order valence-electron chi connectivity index (χ3n) is 2.67. The Balaban J connectivity index is 2.40. The summed E-state index contributed by atoms with van der Waals surface area (Å²) in [6.45, 7) is 5.49. The van der Waals surface area contributed by atoms with E-state index in [1.165, 1.54) is 9.08 Å². The maximum Gasteiger partial charge on any atom is 0.349 e. The standard InChI is InChI=1S/C12H15N3O2/c1-12(2,3)10(16)8-15-11(17)14-6-4-5-9(14)7-13-15/h4-7H,8H2,1-3H3. The second-order valence-corrected chi connectivity index (χ2v) is 5.06. The molecule has 0 aromatic carbocycles. The first-order valence-electron chi connectivity index (χ1n) is 5.46. The number of aromatic nitrogens is 3. The molecule has 0 bridgehead atoms. The van der Waals surface area contributed by atoms with Crippen molar-refractivity contribution in [2.45, 2.75) is 27.3 Å². The largest absolute Gasteiger partial charge is 0.349 e. The van der Waals surface area contributed by atoms with Crippen LogP contribution >= 0.6 is 0 Å². The van der Waals surface area contributed by atoms with Crippen molar-refractivity contribution in [2.24, 2.45) is 5.41 Å². The minimum atomic E-state index is -0.466. The Kier molecular flexibility index (Phi) is 2.61. The molecule has 2 rings (SSSR count). The summed E-state index contributed by atoms with van der Waals surface area (Å²) in [5, 5.41) is 3.99. The number of hydrogen-bond donors (Lipinski definition) is 0. The number of carbonyl (C=O) groups is 1. The Labute approximate surface area is 98.7 Å². The third-order valence-corrected chi connectivity index (χ3v) is 2.67. The van der Waals surface area contributed by atoms with Crippen LogP contribution in [0.15, 0.2) is 29.3 Å². The van der Waals surface area contributed by atoms with Crippen molar-refractivity contribution in [3.63, 3.8) is 0 Å². The maximum atomic E-state index is 12.0. The number of ketones is 1. The van der Waals surface area contributed by atoms with Crippen molar-refractivity contribution in [3.05, 3.63) is 35.0 Å². The summed E-state index contributed by atoms with van der Waals surface area (Å²) in [6, 6.07) is 3.57. The molecule has 17 heavy (non-hydrogen) atoms. The zero-order valence-corrected chi connectivity index (χ0v) is 10.2. The highest BCUT2D eigenvalue weighted by atomic mass is 16.2. The molecule has 0 amide bonds. The molecule has 0 fully saturated rings. The molecule has 0 saturated carbocycles. The summed E-state index contributed by atoms with van der Waals surface area (Å²) in [4.78, 5) is 23.8. The van der Waals surface area contributed by atoms with E-state index in [9.17, 15) is 9.59 Å². The van der Waals surface area contributed by atoms with Crippen LogP contribution in [0.3, 0.4) is 0 Å². The van der Waals surface area contributed by atoms with Crippen molar-refractivity contribution in [1.29, 1.82) is 0 Å². The van der Waals surface area contributed by atoms with Gasteiger partial charge in [-0.3, -0.25) is 9.20 Å². The molecular formula is C12H15N3O2. The van der Waals surface area contributed by atoms with Gasteiger partial charge in [0, 0.05) is 11.6 Å². The minimum absolute atomic E-state index is 0.0104. The Hall–Kier alpha value is -1.91. The van der Waals surface area contributed by atoms with E-state index in [4.69, 9.17) is 0 Å². The molecule has 0 aliphatic rings. The average Bonchev–Trinajstić information content (AvgIpc) is 2.69. The van der Waals surface area contributed by atoms with E-state index >= 15 is 0 Å². The minimum Gasteiger partial charge on any atom is -0.297 e. The van der Waals surface area contributed by atoms with Gasteiger partial charge in [-0.25, -0.2) is 9.48 Å². The van der Waals surface area contributed by atoms with Gasteiger partial charge in [-0.15, -0.1) is 0 Å². The molecule has 0 radical (unpaired) electrons. The first kappa shape index (κ1) is 11.6. The molecule has 5 heteroatoms. The van der Waals surface area contributed by atoms with Crippen molar-refractivity contribution < 1.29 is 4.79 Å². The lowest BCUT2D eigenvalue weighted by Gasteiger charge is -2.16. The number of rotatable bonds is 2. The van der Waals surface area contributed by atoms with Crippen molar-refractivity contribution in [1.82, 2.24) is 14.2 Å². The molecule has 2 heterocycles. The fraction of sp³-hybridized carbons (Fsp3) is 0.417. The van der Waals surface area contributed by atoms with E-state index < -0.39 is 5.41 Å². The quantitative estimate of drug-likeness (QED) is 0.780. The van der Waals surface area contributed by atoms with Crippen LogP contribution in [0.4, 0.5) is 0 Å². The van der Waals surface area contributed by atoms with Crippen LogP contribution in [-0.4, -0.2) is 20.0 Å². The molecule has 90 valence electrons. The zero-order chi connectivity index (χ0) is 12.6. The predicted molar refractivity (Wildman–Crippen MR) is 63.9 cm³/mol. The second kappa shape index (κ2) is 3.84. The van der Waals surface area contributed by atoms with Crippen LogP contribution in [0.1, 0.15) is 20.8 Å². The maximum absolute atomic E-state index is 12.0. The van der Waals surface area contributed by atoms with Crippen LogP contribution in [0.2, 0.25) is 0 Å². The Morgan fingerprint density at radius 1 is 1.41 bits per heavy atom. The first-order valence-corrected chi connectivity index (χ1v) is 5.46. The lowest BCUT2D eigenvalue weighted by Crippen LogP contribution is -2.34. The van der Waals surface area contributed by atoms with Crippen LogP contribution in [0.25, 0.3) is 5.52 Å². The topological polar surface area (TPSA) is 56.4 Å². The second-order valence-electron chi connectivity index (χ2n) is 5.06. The molecule has 2 aromatic heterocycles. The Morgan fingerprint density at radius 2 is 2.12 bits per heavy atom. The van der Waals surface area contributed by atoms with E-state index in [0.29, 0.717) is 0 Å². The van der Waals surface area contributed by atoms with Gasteiger partial charge < -0.3 is 0 Å². The molecule has 0 atom stereocenters. The molecule has 0 spiro atoms. The Bertz CT molecular complexity index is 616.